The first-order valence-corrected chi connectivity index (χ1v) is 3.25. The maximum absolute atomic E-state index is 12.0. The molecule has 0 amide bonds. The Kier molecular flexibility index (Phi) is 1.91. The molecule has 0 unspecified atom stereocenters. The molecule has 0 heterocycles. The van der Waals surface area contributed by atoms with Crippen molar-refractivity contribution in [3.63, 3.8) is 0 Å². The molecule has 1 rings (SSSR count). The summed E-state index contributed by atoms with van der Waals surface area (Å²) in [6, 6.07) is 0. The Bertz CT molecular complexity index is 107. The van der Waals surface area contributed by atoms with E-state index in [2.05, 4.69) is 4.74 Å². The van der Waals surface area contributed by atoms with Crippen molar-refractivity contribution >= 4 is 11.6 Å². The molecule has 1 fully saturated rings. The summed E-state index contributed by atoms with van der Waals surface area (Å²) in [4.78, 5) is 0. The Labute approximate surface area is 56.9 Å². The molecule has 0 spiro atoms. The molecule has 1 saturated carbocycles. The van der Waals surface area contributed by atoms with E-state index < -0.39 is 12.0 Å². The van der Waals surface area contributed by atoms with Crippen LogP contribution in [0.3, 0.4) is 0 Å². The molecule has 1 aliphatic carbocycles. The summed E-state index contributed by atoms with van der Waals surface area (Å²) in [5.41, 5.74) is 0. The minimum atomic E-state index is -2.56. The van der Waals surface area contributed by atoms with Crippen molar-refractivity contribution in [2.75, 3.05) is 12.5 Å². The number of alkyl halides is 3. The van der Waals surface area contributed by atoms with Crippen molar-refractivity contribution in [2.24, 2.45) is 0 Å². The van der Waals surface area contributed by atoms with E-state index in [1.54, 1.807) is 0 Å². The summed E-state index contributed by atoms with van der Waals surface area (Å²) < 4.78 is 28.5. The Morgan fingerprint density at radius 2 is 2.22 bits per heavy atom. The quantitative estimate of drug-likeness (QED) is 0.565. The SMILES string of the molecule is FC1(F)C[C@H]1OCCCl. The largest absolute Gasteiger partial charge is 0.370 e. The molecule has 54 valence electrons. The zero-order chi connectivity index (χ0) is 6.91. The first-order chi connectivity index (χ1) is 4.17. The molecule has 4 heteroatoms. The molecule has 0 saturated heterocycles. The van der Waals surface area contributed by atoms with Crippen LogP contribution in [0, 0.1) is 0 Å². The van der Waals surface area contributed by atoms with Crippen molar-refractivity contribution in [3.05, 3.63) is 0 Å². The predicted octanol–water partition coefficient (Wildman–Crippen LogP) is 1.65. The van der Waals surface area contributed by atoms with Crippen LogP contribution in [-0.2, 0) is 4.74 Å². The molecule has 0 aromatic carbocycles. The lowest BCUT2D eigenvalue weighted by Crippen LogP contribution is -2.05. The minimum Gasteiger partial charge on any atom is -0.370 e. The van der Waals surface area contributed by atoms with E-state index in [4.69, 9.17) is 11.6 Å². The monoisotopic (exact) mass is 156 g/mol. The van der Waals surface area contributed by atoms with Gasteiger partial charge in [0.05, 0.1) is 6.61 Å². The third-order valence-corrected chi connectivity index (χ3v) is 1.32. The maximum Gasteiger partial charge on any atom is 0.276 e. The van der Waals surface area contributed by atoms with Gasteiger partial charge in [-0.25, -0.2) is 8.78 Å². The average molecular weight is 157 g/mol. The fourth-order valence-electron chi connectivity index (χ4n) is 0.556. The molecule has 0 aromatic rings. The van der Waals surface area contributed by atoms with Crippen LogP contribution in [0.15, 0.2) is 0 Å². The Hall–Kier alpha value is 0.110. The summed E-state index contributed by atoms with van der Waals surface area (Å²) in [7, 11) is 0. The van der Waals surface area contributed by atoms with E-state index in [1.807, 2.05) is 0 Å². The van der Waals surface area contributed by atoms with Gasteiger partial charge in [-0.1, -0.05) is 0 Å². The molecule has 0 aliphatic heterocycles. The summed E-state index contributed by atoms with van der Waals surface area (Å²) in [6.07, 6.45) is -0.986. The van der Waals surface area contributed by atoms with E-state index in [0.29, 0.717) is 0 Å². The first-order valence-electron chi connectivity index (χ1n) is 2.72. The molecule has 9 heavy (non-hydrogen) atoms. The van der Waals surface area contributed by atoms with E-state index in [-0.39, 0.29) is 18.9 Å². The molecule has 1 nitrogen and oxygen atoms in total. The van der Waals surface area contributed by atoms with Gasteiger partial charge >= 0.3 is 0 Å². The van der Waals surface area contributed by atoms with E-state index >= 15 is 0 Å². The zero-order valence-electron chi connectivity index (χ0n) is 4.74. The molecular weight excluding hydrogens is 150 g/mol. The lowest BCUT2D eigenvalue weighted by molar-refractivity contribution is 0.0187. The van der Waals surface area contributed by atoms with Gasteiger partial charge < -0.3 is 4.74 Å². The smallest absolute Gasteiger partial charge is 0.276 e. The van der Waals surface area contributed by atoms with Crippen molar-refractivity contribution in [1.82, 2.24) is 0 Å². The molecule has 0 N–H and O–H groups in total. The number of halogens is 3. The van der Waals surface area contributed by atoms with Crippen molar-refractivity contribution in [3.8, 4) is 0 Å². The van der Waals surface area contributed by atoms with Gasteiger partial charge in [-0.05, 0) is 0 Å². The van der Waals surface area contributed by atoms with Crippen LogP contribution >= 0.6 is 11.6 Å². The number of hydrogen-bond donors (Lipinski definition) is 0. The highest BCUT2D eigenvalue weighted by atomic mass is 35.5. The molecule has 0 radical (unpaired) electrons. The second-order valence-corrected chi connectivity index (χ2v) is 2.39. The molecule has 0 aromatic heterocycles. The van der Waals surface area contributed by atoms with Crippen LogP contribution in [0.2, 0.25) is 0 Å². The molecule has 0 bridgehead atoms. The number of ether oxygens (including phenoxy) is 1. The Balaban J connectivity index is 2.06. The standard InChI is InChI=1S/C5H7ClF2O/c6-1-2-9-4-3-5(4,7)8/h4H,1-3H2/t4-/m1/s1. The first kappa shape index (κ1) is 7.22. The Morgan fingerprint density at radius 3 is 2.56 bits per heavy atom. The van der Waals surface area contributed by atoms with Gasteiger partial charge in [-0.3, -0.25) is 0 Å². The van der Waals surface area contributed by atoms with Crippen LogP contribution < -0.4 is 0 Å². The number of hydrogen-bond acceptors (Lipinski definition) is 1. The predicted molar refractivity (Wildman–Crippen MR) is 30.0 cm³/mol. The number of rotatable bonds is 3. The van der Waals surface area contributed by atoms with E-state index in [0.717, 1.165) is 0 Å². The van der Waals surface area contributed by atoms with Crippen LogP contribution in [0.4, 0.5) is 8.78 Å². The highest BCUT2D eigenvalue weighted by Gasteiger charge is 2.58. The molecule has 1 aliphatic rings. The van der Waals surface area contributed by atoms with Crippen LogP contribution in [0.5, 0.6) is 0 Å². The lowest BCUT2D eigenvalue weighted by Gasteiger charge is -1.96. The van der Waals surface area contributed by atoms with Gasteiger partial charge in [0.2, 0.25) is 0 Å². The summed E-state index contributed by atoms with van der Waals surface area (Å²) >= 11 is 5.20. The van der Waals surface area contributed by atoms with Gasteiger partial charge in [0.25, 0.3) is 5.92 Å². The summed E-state index contributed by atoms with van der Waals surface area (Å²) in [5.74, 6) is -2.28. The molecular formula is C5H7ClF2O. The maximum atomic E-state index is 12.0. The second-order valence-electron chi connectivity index (χ2n) is 2.01. The van der Waals surface area contributed by atoms with Crippen LogP contribution in [0.25, 0.3) is 0 Å². The van der Waals surface area contributed by atoms with Crippen molar-refractivity contribution in [2.45, 2.75) is 18.4 Å². The van der Waals surface area contributed by atoms with Gasteiger partial charge in [0.15, 0.2) is 0 Å². The minimum absolute atomic E-state index is 0.135. The second kappa shape index (κ2) is 2.39. The highest BCUT2D eigenvalue weighted by molar-refractivity contribution is 6.17. The van der Waals surface area contributed by atoms with Gasteiger partial charge in [-0.15, -0.1) is 11.6 Å². The fraction of sp³-hybridized carbons (Fsp3) is 1.00. The van der Waals surface area contributed by atoms with E-state index in [9.17, 15) is 8.78 Å². The third-order valence-electron chi connectivity index (χ3n) is 1.16. The summed E-state index contributed by atoms with van der Waals surface area (Å²) in [6.45, 7) is 0.224. The average Bonchev–Trinajstić information content (AvgIpc) is 2.35. The topological polar surface area (TPSA) is 9.23 Å². The van der Waals surface area contributed by atoms with Crippen molar-refractivity contribution < 1.29 is 13.5 Å². The van der Waals surface area contributed by atoms with Crippen molar-refractivity contribution in [1.29, 1.82) is 0 Å². The van der Waals surface area contributed by atoms with Gasteiger partial charge in [0.1, 0.15) is 6.10 Å². The zero-order valence-corrected chi connectivity index (χ0v) is 5.50. The summed E-state index contributed by atoms with van der Waals surface area (Å²) in [5, 5.41) is 0. The Morgan fingerprint density at radius 1 is 1.67 bits per heavy atom. The van der Waals surface area contributed by atoms with Gasteiger partial charge in [0, 0.05) is 12.3 Å². The fourth-order valence-corrected chi connectivity index (χ4v) is 0.645. The van der Waals surface area contributed by atoms with E-state index in [1.165, 1.54) is 0 Å². The highest BCUT2D eigenvalue weighted by Crippen LogP contribution is 2.44. The molecule has 1 atom stereocenters. The van der Waals surface area contributed by atoms with Crippen LogP contribution in [0.1, 0.15) is 6.42 Å². The lowest BCUT2D eigenvalue weighted by atomic mass is 10.7. The normalized spacial score (nSPS) is 30.3. The third kappa shape index (κ3) is 1.76. The van der Waals surface area contributed by atoms with Crippen LogP contribution in [-0.4, -0.2) is 24.5 Å². The van der Waals surface area contributed by atoms with Gasteiger partial charge in [-0.2, -0.15) is 0 Å².